The van der Waals surface area contributed by atoms with Gasteiger partial charge in [0.15, 0.2) is 0 Å². The number of hydrogen-bond donors (Lipinski definition) is 1. The third-order valence-corrected chi connectivity index (χ3v) is 4.12. The summed E-state index contributed by atoms with van der Waals surface area (Å²) in [5, 5.41) is 0. The molecule has 2 aromatic carbocycles. The van der Waals surface area contributed by atoms with Gasteiger partial charge in [-0.15, -0.1) is 0 Å². The van der Waals surface area contributed by atoms with Gasteiger partial charge in [-0.1, -0.05) is 67.0 Å². The van der Waals surface area contributed by atoms with Crippen LogP contribution in [0.1, 0.15) is 43.5 Å². The van der Waals surface area contributed by atoms with Crippen molar-refractivity contribution in [3.8, 4) is 0 Å². The molecule has 0 aromatic heterocycles. The number of halogens is 2. The highest BCUT2D eigenvalue weighted by Gasteiger charge is 2.16. The van der Waals surface area contributed by atoms with E-state index >= 15 is 0 Å². The van der Waals surface area contributed by atoms with E-state index in [0.29, 0.717) is 4.47 Å². The van der Waals surface area contributed by atoms with Crippen molar-refractivity contribution in [2.75, 3.05) is 0 Å². The molecule has 0 bridgehead atoms. The molecule has 1 atom stereocenters. The summed E-state index contributed by atoms with van der Waals surface area (Å²) in [6.45, 7) is 6.54. The summed E-state index contributed by atoms with van der Waals surface area (Å²) < 4.78 is 13.8. The van der Waals surface area contributed by atoms with Crippen LogP contribution in [0, 0.1) is 5.82 Å². The van der Waals surface area contributed by atoms with Crippen LogP contribution in [-0.2, 0) is 5.41 Å². The Kier molecular flexibility index (Phi) is 4.31. The largest absolute Gasteiger partial charge is 0.320 e. The van der Waals surface area contributed by atoms with E-state index in [1.54, 1.807) is 6.07 Å². The molecule has 0 fully saturated rings. The van der Waals surface area contributed by atoms with Gasteiger partial charge in [0.05, 0.1) is 6.04 Å². The smallest absolute Gasteiger partial charge is 0.124 e. The normalized spacial score (nSPS) is 13.3. The van der Waals surface area contributed by atoms with Crippen LogP contribution in [0.2, 0.25) is 0 Å². The van der Waals surface area contributed by atoms with Gasteiger partial charge in [0.25, 0.3) is 0 Å². The maximum atomic E-state index is 13.1. The highest BCUT2D eigenvalue weighted by atomic mass is 79.9. The van der Waals surface area contributed by atoms with Crippen LogP contribution >= 0.6 is 15.9 Å². The van der Waals surface area contributed by atoms with Crippen molar-refractivity contribution in [2.45, 2.75) is 32.2 Å². The molecule has 2 rings (SSSR count). The quantitative estimate of drug-likeness (QED) is 0.826. The average molecular weight is 336 g/mol. The van der Waals surface area contributed by atoms with Crippen LogP contribution in [0.15, 0.2) is 46.9 Å². The fourth-order valence-corrected chi connectivity index (χ4v) is 2.72. The van der Waals surface area contributed by atoms with Crippen LogP contribution in [0.25, 0.3) is 0 Å². The van der Waals surface area contributed by atoms with Crippen molar-refractivity contribution in [2.24, 2.45) is 5.73 Å². The Morgan fingerprint density at radius 2 is 1.65 bits per heavy atom. The highest BCUT2D eigenvalue weighted by molar-refractivity contribution is 9.10. The zero-order chi connectivity index (χ0) is 14.9. The van der Waals surface area contributed by atoms with Gasteiger partial charge in [-0.25, -0.2) is 4.39 Å². The summed E-state index contributed by atoms with van der Waals surface area (Å²) in [5.41, 5.74) is 9.57. The monoisotopic (exact) mass is 335 g/mol. The fraction of sp³-hybridized carbons (Fsp3) is 0.294. The molecular formula is C17H19BrFN. The van der Waals surface area contributed by atoms with Gasteiger partial charge >= 0.3 is 0 Å². The molecular weight excluding hydrogens is 317 g/mol. The van der Waals surface area contributed by atoms with E-state index in [1.165, 1.54) is 17.7 Å². The van der Waals surface area contributed by atoms with Crippen molar-refractivity contribution < 1.29 is 4.39 Å². The van der Waals surface area contributed by atoms with Crippen LogP contribution in [-0.4, -0.2) is 0 Å². The van der Waals surface area contributed by atoms with E-state index in [1.807, 2.05) is 12.1 Å². The molecule has 0 aliphatic rings. The van der Waals surface area contributed by atoms with Crippen LogP contribution in [0.3, 0.4) is 0 Å². The molecule has 0 amide bonds. The molecule has 0 heterocycles. The van der Waals surface area contributed by atoms with Crippen molar-refractivity contribution >= 4 is 15.9 Å². The van der Waals surface area contributed by atoms with E-state index in [2.05, 4.69) is 48.8 Å². The van der Waals surface area contributed by atoms with Crippen molar-refractivity contribution in [3.05, 3.63) is 69.4 Å². The highest BCUT2D eigenvalue weighted by Crippen LogP contribution is 2.29. The van der Waals surface area contributed by atoms with Crippen molar-refractivity contribution in [1.29, 1.82) is 0 Å². The minimum absolute atomic E-state index is 0.124. The zero-order valence-electron chi connectivity index (χ0n) is 12.0. The Morgan fingerprint density at radius 3 is 2.15 bits per heavy atom. The number of rotatable bonds is 2. The molecule has 0 saturated heterocycles. The lowest BCUT2D eigenvalue weighted by Crippen LogP contribution is -2.14. The molecule has 20 heavy (non-hydrogen) atoms. The van der Waals surface area contributed by atoms with Gasteiger partial charge in [-0.05, 0) is 34.2 Å². The number of nitrogens with two attached hydrogens (primary N) is 1. The fourth-order valence-electron chi connectivity index (χ4n) is 2.12. The Hall–Kier alpha value is -1.19. The molecule has 0 aliphatic carbocycles. The van der Waals surface area contributed by atoms with Gasteiger partial charge in [-0.3, -0.25) is 0 Å². The second kappa shape index (κ2) is 5.66. The van der Waals surface area contributed by atoms with Gasteiger partial charge in [0.2, 0.25) is 0 Å². The first-order chi connectivity index (χ1) is 9.29. The molecule has 1 unspecified atom stereocenters. The molecule has 0 saturated carbocycles. The molecule has 0 spiro atoms. The molecule has 2 N–H and O–H groups in total. The number of benzene rings is 2. The molecule has 106 valence electrons. The first-order valence-electron chi connectivity index (χ1n) is 6.60. The molecule has 1 nitrogen and oxygen atoms in total. The van der Waals surface area contributed by atoms with Crippen LogP contribution in [0.4, 0.5) is 4.39 Å². The van der Waals surface area contributed by atoms with Crippen LogP contribution < -0.4 is 5.73 Å². The first-order valence-corrected chi connectivity index (χ1v) is 7.39. The Labute approximate surface area is 128 Å². The lowest BCUT2D eigenvalue weighted by atomic mass is 9.86. The van der Waals surface area contributed by atoms with Crippen molar-refractivity contribution in [1.82, 2.24) is 0 Å². The molecule has 0 radical (unpaired) electrons. The molecule has 2 aromatic rings. The molecule has 3 heteroatoms. The summed E-state index contributed by atoms with van der Waals surface area (Å²) in [7, 11) is 0. The van der Waals surface area contributed by atoms with E-state index in [-0.39, 0.29) is 17.3 Å². The lowest BCUT2D eigenvalue weighted by molar-refractivity contribution is 0.589. The van der Waals surface area contributed by atoms with Gasteiger partial charge in [-0.2, -0.15) is 0 Å². The minimum Gasteiger partial charge on any atom is -0.320 e. The summed E-state index contributed by atoms with van der Waals surface area (Å²) in [4.78, 5) is 0. The minimum atomic E-state index is -0.268. The predicted molar refractivity (Wildman–Crippen MR) is 85.3 cm³/mol. The van der Waals surface area contributed by atoms with Gasteiger partial charge in [0, 0.05) is 4.47 Å². The zero-order valence-corrected chi connectivity index (χ0v) is 13.5. The van der Waals surface area contributed by atoms with E-state index < -0.39 is 0 Å². The standard InChI is InChI=1S/C17H19BrFN/c1-17(2,3)12-6-4-11(5-7-12)16(20)14-9-8-13(19)10-15(14)18/h4-10,16H,20H2,1-3H3. The summed E-state index contributed by atoms with van der Waals surface area (Å²) in [6, 6.07) is 12.6. The number of hydrogen-bond acceptors (Lipinski definition) is 1. The lowest BCUT2D eigenvalue weighted by Gasteiger charge is -2.20. The van der Waals surface area contributed by atoms with Crippen molar-refractivity contribution in [3.63, 3.8) is 0 Å². The topological polar surface area (TPSA) is 26.0 Å². The van der Waals surface area contributed by atoms with E-state index in [4.69, 9.17) is 5.73 Å². The van der Waals surface area contributed by atoms with Crippen LogP contribution in [0.5, 0.6) is 0 Å². The van der Waals surface area contributed by atoms with Gasteiger partial charge in [0.1, 0.15) is 5.82 Å². The maximum absolute atomic E-state index is 13.1. The molecule has 0 aliphatic heterocycles. The predicted octanol–water partition coefficient (Wildman–Crippen LogP) is 4.93. The van der Waals surface area contributed by atoms with E-state index in [9.17, 15) is 4.39 Å². The Balaban J connectivity index is 2.31. The summed E-state index contributed by atoms with van der Waals surface area (Å²) in [6.07, 6.45) is 0. The third kappa shape index (κ3) is 3.28. The first kappa shape index (κ1) is 15.2. The second-order valence-corrected chi connectivity index (χ2v) is 6.87. The SMILES string of the molecule is CC(C)(C)c1ccc(C(N)c2ccc(F)cc2Br)cc1. The Morgan fingerprint density at radius 1 is 1.05 bits per heavy atom. The van der Waals surface area contributed by atoms with E-state index in [0.717, 1.165) is 11.1 Å². The average Bonchev–Trinajstić information content (AvgIpc) is 2.37. The maximum Gasteiger partial charge on any atom is 0.124 e. The Bertz CT molecular complexity index is 599. The second-order valence-electron chi connectivity index (χ2n) is 6.02. The third-order valence-electron chi connectivity index (χ3n) is 3.43. The summed E-state index contributed by atoms with van der Waals surface area (Å²) in [5.74, 6) is -0.268. The summed E-state index contributed by atoms with van der Waals surface area (Å²) >= 11 is 3.37. The van der Waals surface area contributed by atoms with Gasteiger partial charge < -0.3 is 5.73 Å².